The van der Waals surface area contributed by atoms with Gasteiger partial charge in [-0.05, 0) is 13.3 Å². The molecule has 2 rings (SSSR count). The Hall–Kier alpha value is -2.79. The highest BCUT2D eigenvalue weighted by Crippen LogP contribution is 2.21. The molecule has 0 saturated heterocycles. The van der Waals surface area contributed by atoms with Gasteiger partial charge in [0.1, 0.15) is 12.4 Å². The molecule has 0 saturated carbocycles. The predicted octanol–water partition coefficient (Wildman–Crippen LogP) is 1.67. The fourth-order valence-corrected chi connectivity index (χ4v) is 1.73. The fraction of sp³-hybridized carbons (Fsp3) is 0.538. The number of aromatic nitrogens is 4. The van der Waals surface area contributed by atoms with Crippen molar-refractivity contribution in [2.24, 2.45) is 0 Å². The Kier molecular flexibility index (Phi) is 6.77. The van der Waals surface area contributed by atoms with E-state index in [1.165, 1.54) is 18.2 Å². The van der Waals surface area contributed by atoms with E-state index in [0.29, 0.717) is 23.0 Å². The minimum absolute atomic E-state index is 0.0393. The lowest BCUT2D eigenvalue weighted by molar-refractivity contribution is -0.192. The van der Waals surface area contributed by atoms with Crippen molar-refractivity contribution in [1.29, 1.82) is 0 Å². The van der Waals surface area contributed by atoms with Gasteiger partial charge in [0.15, 0.2) is 11.3 Å². The van der Waals surface area contributed by atoms with Crippen LogP contribution in [0.25, 0.3) is 11.2 Å². The molecule has 2 aromatic rings. The highest BCUT2D eigenvalue weighted by atomic mass is 19.4. The van der Waals surface area contributed by atoms with E-state index in [-0.39, 0.29) is 6.10 Å². The van der Waals surface area contributed by atoms with Crippen LogP contribution in [0.2, 0.25) is 0 Å². The van der Waals surface area contributed by atoms with Crippen LogP contribution >= 0.6 is 0 Å². The monoisotopic (exact) mass is 365 g/mol. The van der Waals surface area contributed by atoms with Crippen LogP contribution in [0.4, 0.5) is 19.0 Å². The smallest absolute Gasteiger partial charge is 0.475 e. The number of hydrogen-bond donors (Lipinski definition) is 2. The number of alkyl halides is 3. The molecule has 0 aliphatic heterocycles. The van der Waals surface area contributed by atoms with Crippen LogP contribution in [0.15, 0.2) is 6.33 Å². The van der Waals surface area contributed by atoms with Gasteiger partial charge in [-0.2, -0.15) is 18.2 Å². The van der Waals surface area contributed by atoms with Gasteiger partial charge in [-0.3, -0.25) is 0 Å². The minimum Gasteiger partial charge on any atom is -0.475 e. The molecule has 12 heteroatoms. The van der Waals surface area contributed by atoms with Crippen molar-refractivity contribution in [3.05, 3.63) is 6.33 Å². The van der Waals surface area contributed by atoms with Crippen LogP contribution < -0.4 is 15.3 Å². The van der Waals surface area contributed by atoms with Crippen molar-refractivity contribution in [2.75, 3.05) is 12.8 Å². The van der Waals surface area contributed by atoms with Crippen molar-refractivity contribution >= 4 is 23.0 Å². The number of ether oxygens (including phenoxy) is 1. The number of fused-ring (bicyclic) bond motifs is 1. The lowest BCUT2D eigenvalue weighted by Crippen LogP contribution is -2.22. The summed E-state index contributed by atoms with van der Waals surface area (Å²) in [6.07, 6.45) is -1.70. The average Bonchev–Trinajstić information content (AvgIpc) is 2.86. The van der Waals surface area contributed by atoms with E-state index in [2.05, 4.69) is 21.9 Å². The number of rotatable bonds is 5. The zero-order chi connectivity index (χ0) is 19.2. The van der Waals surface area contributed by atoms with E-state index in [9.17, 15) is 13.2 Å². The van der Waals surface area contributed by atoms with Crippen molar-refractivity contribution in [2.45, 2.75) is 39.0 Å². The second-order valence-corrected chi connectivity index (χ2v) is 4.83. The Morgan fingerprint density at radius 2 is 2.04 bits per heavy atom. The number of methoxy groups -OCH3 is 1. The number of carboxylic acids is 1. The molecular formula is C13H18F3N5O4. The van der Waals surface area contributed by atoms with E-state index in [1.807, 2.05) is 6.92 Å². The largest absolute Gasteiger partial charge is 0.490 e. The van der Waals surface area contributed by atoms with E-state index in [1.54, 1.807) is 0 Å². The average molecular weight is 365 g/mol. The number of nitrogen functional groups attached to an aromatic ring is 1. The maximum absolute atomic E-state index is 10.6. The Balaban J connectivity index is 0.000000381. The Morgan fingerprint density at radius 1 is 1.44 bits per heavy atom. The molecule has 0 aromatic carbocycles. The van der Waals surface area contributed by atoms with Gasteiger partial charge in [0.2, 0.25) is 5.65 Å². The number of hydrogen-bond acceptors (Lipinski definition) is 7. The summed E-state index contributed by atoms with van der Waals surface area (Å²) in [4.78, 5) is 26.9. The van der Waals surface area contributed by atoms with E-state index < -0.39 is 12.1 Å². The third-order valence-corrected chi connectivity index (χ3v) is 2.81. The quantitative estimate of drug-likeness (QED) is 0.819. The summed E-state index contributed by atoms with van der Waals surface area (Å²) in [5, 5.41) is 7.12. The molecule has 9 nitrogen and oxygen atoms in total. The van der Waals surface area contributed by atoms with Crippen LogP contribution in [-0.2, 0) is 4.79 Å². The molecule has 0 aliphatic carbocycles. The van der Waals surface area contributed by atoms with E-state index >= 15 is 0 Å². The van der Waals surface area contributed by atoms with Crippen molar-refractivity contribution < 1.29 is 32.6 Å². The number of aliphatic carboxylic acids is 1. The molecule has 0 radical (unpaired) electrons. The van der Waals surface area contributed by atoms with Gasteiger partial charge in [0, 0.05) is 0 Å². The highest BCUT2D eigenvalue weighted by molar-refractivity contribution is 5.82. The van der Waals surface area contributed by atoms with Crippen molar-refractivity contribution in [3.8, 4) is 6.01 Å². The van der Waals surface area contributed by atoms with Crippen molar-refractivity contribution in [1.82, 2.24) is 19.7 Å². The normalized spacial score (nSPS) is 12.2. The molecule has 2 aromatic heterocycles. The second kappa shape index (κ2) is 8.35. The van der Waals surface area contributed by atoms with Gasteiger partial charge in [-0.1, -0.05) is 13.3 Å². The molecule has 1 unspecified atom stereocenters. The zero-order valence-corrected chi connectivity index (χ0v) is 13.7. The number of halogens is 3. The molecule has 0 bridgehead atoms. The van der Waals surface area contributed by atoms with Gasteiger partial charge in [-0.25, -0.2) is 14.8 Å². The Bertz CT molecular complexity index is 719. The maximum Gasteiger partial charge on any atom is 0.490 e. The fourth-order valence-electron chi connectivity index (χ4n) is 1.73. The van der Waals surface area contributed by atoms with Crippen LogP contribution in [-0.4, -0.2) is 50.1 Å². The SMILES string of the molecule is CCCC(C)On1c(OC)nc2c(N)ncnc21.O=C(O)C(F)(F)F. The number of nitrogens with zero attached hydrogens (tertiary/aromatic N) is 4. The maximum atomic E-state index is 10.6. The standard InChI is InChI=1S/C11H17N5O2.C2HF3O2/c1-4-5-7(2)18-16-10-8(15-11(16)17-3)9(12)13-6-14-10;3-2(4,5)1(6)7/h6-7H,4-5H2,1-3H3,(H2,12,13,14);(H,6,7). The van der Waals surface area contributed by atoms with Gasteiger partial charge in [0.05, 0.1) is 7.11 Å². The number of carboxylic acid groups (broad SMARTS) is 1. The topological polar surface area (TPSA) is 125 Å². The van der Waals surface area contributed by atoms with Gasteiger partial charge < -0.3 is 20.4 Å². The number of nitrogens with two attached hydrogens (primary N) is 1. The lowest BCUT2D eigenvalue weighted by atomic mass is 10.2. The Morgan fingerprint density at radius 3 is 2.52 bits per heavy atom. The molecule has 3 N–H and O–H groups in total. The van der Waals surface area contributed by atoms with E-state index in [4.69, 9.17) is 25.2 Å². The molecule has 0 amide bonds. The van der Waals surface area contributed by atoms with Gasteiger partial charge >= 0.3 is 18.2 Å². The summed E-state index contributed by atoms with van der Waals surface area (Å²) >= 11 is 0. The first-order valence-corrected chi connectivity index (χ1v) is 7.11. The third kappa shape index (κ3) is 5.36. The Labute approximate surface area is 140 Å². The van der Waals surface area contributed by atoms with Gasteiger partial charge in [0.25, 0.3) is 0 Å². The molecule has 0 aliphatic rings. The zero-order valence-electron chi connectivity index (χ0n) is 13.7. The summed E-state index contributed by atoms with van der Waals surface area (Å²) in [6, 6.07) is 0.320. The number of carbonyl (C=O) groups is 1. The second-order valence-electron chi connectivity index (χ2n) is 4.83. The van der Waals surface area contributed by atoms with Crippen LogP contribution in [0.3, 0.4) is 0 Å². The minimum atomic E-state index is -5.08. The predicted molar refractivity (Wildman–Crippen MR) is 80.9 cm³/mol. The van der Waals surface area contributed by atoms with Gasteiger partial charge in [-0.15, -0.1) is 4.73 Å². The highest BCUT2D eigenvalue weighted by Gasteiger charge is 2.38. The van der Waals surface area contributed by atoms with Crippen molar-refractivity contribution in [3.63, 3.8) is 0 Å². The molecule has 140 valence electrons. The molecule has 25 heavy (non-hydrogen) atoms. The third-order valence-electron chi connectivity index (χ3n) is 2.81. The summed E-state index contributed by atoms with van der Waals surface area (Å²) in [5.74, 6) is -2.45. The molecular weight excluding hydrogens is 347 g/mol. The molecule has 1 atom stereocenters. The lowest BCUT2D eigenvalue weighted by Gasteiger charge is -2.14. The summed E-state index contributed by atoms with van der Waals surface area (Å²) in [6.45, 7) is 4.09. The van der Waals surface area contributed by atoms with Crippen LogP contribution in [0.5, 0.6) is 6.01 Å². The molecule has 0 spiro atoms. The summed E-state index contributed by atoms with van der Waals surface area (Å²) in [5.41, 5.74) is 6.74. The summed E-state index contributed by atoms with van der Waals surface area (Å²) in [7, 11) is 1.52. The molecule has 2 heterocycles. The van der Waals surface area contributed by atoms with Crippen LogP contribution in [0.1, 0.15) is 26.7 Å². The summed E-state index contributed by atoms with van der Waals surface area (Å²) < 4.78 is 38.4. The van der Waals surface area contributed by atoms with E-state index in [0.717, 1.165) is 12.8 Å². The first-order chi connectivity index (χ1) is 11.6. The first-order valence-electron chi connectivity index (χ1n) is 7.11. The number of anilines is 1. The first kappa shape index (κ1) is 20.3. The molecule has 0 fully saturated rings. The number of imidazole rings is 1. The van der Waals surface area contributed by atoms with Crippen LogP contribution in [0, 0.1) is 0 Å².